The summed E-state index contributed by atoms with van der Waals surface area (Å²) < 4.78 is 19.4. The molecule has 0 bridgehead atoms. The summed E-state index contributed by atoms with van der Waals surface area (Å²) in [5.41, 5.74) is -0.994. The molecule has 2 N–H and O–H groups in total. The molecule has 0 unspecified atom stereocenters. The molecule has 0 spiro atoms. The lowest BCUT2D eigenvalue weighted by atomic mass is 9.95. The monoisotopic (exact) mass is 657 g/mol. The van der Waals surface area contributed by atoms with Crippen LogP contribution in [-0.4, -0.2) is 19.6 Å². The maximum Gasteiger partial charge on any atom is 0.336 e. The first kappa shape index (κ1) is 27.8. The second-order valence-corrected chi connectivity index (χ2v) is 12.3. The van der Waals surface area contributed by atoms with Crippen LogP contribution in [0.4, 0.5) is 21.6 Å². The largest absolute Gasteiger partial charge is 0.338 e. The Kier molecular flexibility index (Phi) is 6.97. The van der Waals surface area contributed by atoms with Crippen molar-refractivity contribution < 1.29 is 9.18 Å². The van der Waals surface area contributed by atoms with Crippen molar-refractivity contribution >= 4 is 56.6 Å². The van der Waals surface area contributed by atoms with Crippen molar-refractivity contribution in [3.63, 3.8) is 0 Å². The summed E-state index contributed by atoms with van der Waals surface area (Å²) in [6, 6.07) is 11.0. The number of halogens is 2. The molecule has 0 radical (unpaired) electrons. The van der Waals surface area contributed by atoms with Crippen molar-refractivity contribution in [1.29, 1.82) is 0 Å². The Hall–Kier alpha value is -3.74. The molecule has 0 atom stereocenters. The van der Waals surface area contributed by atoms with Gasteiger partial charge in [-0.1, -0.05) is 26.8 Å². The molecule has 5 rings (SSSR count). The molecule has 1 aliphatic rings. The summed E-state index contributed by atoms with van der Waals surface area (Å²) >= 11 is 2.00. The van der Waals surface area contributed by atoms with E-state index in [0.717, 1.165) is 0 Å². The number of hydrogen-bond donors (Lipinski definition) is 2. The second-order valence-electron chi connectivity index (χ2n) is 11.1. The lowest BCUT2D eigenvalue weighted by Gasteiger charge is -2.21. The van der Waals surface area contributed by atoms with Crippen molar-refractivity contribution in [1.82, 2.24) is 13.7 Å². The Balaban J connectivity index is 1.84. The van der Waals surface area contributed by atoms with E-state index >= 15 is 0 Å². The highest BCUT2D eigenvalue weighted by atomic mass is 127. The number of rotatable bonds is 5. The number of nitrogens with one attached hydrogen (secondary N) is 2. The van der Waals surface area contributed by atoms with Crippen LogP contribution >= 0.6 is 22.6 Å². The molecule has 1 fully saturated rings. The molecule has 208 valence electrons. The SMILES string of the molecule is Cc1c(=O)n(C)c(Nc2ccc(I)cc2F)c2c(=O)n(C3CC3)c(=O)n(-c3cccc(NC(=O)C(C)(C)C)c3)c12. The number of benzene rings is 2. The molecule has 2 aromatic carbocycles. The quantitative estimate of drug-likeness (QED) is 0.295. The van der Waals surface area contributed by atoms with Gasteiger partial charge in [0, 0.05) is 33.3 Å². The van der Waals surface area contributed by atoms with Gasteiger partial charge in [0.05, 0.1) is 16.9 Å². The Morgan fingerprint density at radius 3 is 2.38 bits per heavy atom. The molecule has 1 aliphatic carbocycles. The third kappa shape index (κ3) is 4.87. The highest BCUT2D eigenvalue weighted by molar-refractivity contribution is 14.1. The average molecular weight is 657 g/mol. The van der Waals surface area contributed by atoms with Crippen LogP contribution in [0.25, 0.3) is 16.6 Å². The molecule has 4 aromatic rings. The number of carbonyl (C=O) groups is 1. The molecule has 1 amide bonds. The normalized spacial score (nSPS) is 13.5. The summed E-state index contributed by atoms with van der Waals surface area (Å²) in [6.45, 7) is 6.93. The van der Waals surface area contributed by atoms with Gasteiger partial charge in [-0.05, 0) is 78.8 Å². The second kappa shape index (κ2) is 10.0. The van der Waals surface area contributed by atoms with E-state index in [0.29, 0.717) is 27.8 Å². The van der Waals surface area contributed by atoms with Crippen LogP contribution in [0.3, 0.4) is 0 Å². The molecule has 40 heavy (non-hydrogen) atoms. The van der Waals surface area contributed by atoms with Crippen LogP contribution in [0.5, 0.6) is 0 Å². The number of nitrogens with zero attached hydrogens (tertiary/aromatic N) is 3. The van der Waals surface area contributed by atoms with Crippen LogP contribution in [0.1, 0.15) is 45.2 Å². The van der Waals surface area contributed by atoms with Crippen molar-refractivity contribution in [3.8, 4) is 5.69 Å². The van der Waals surface area contributed by atoms with E-state index in [1.165, 1.54) is 32.9 Å². The minimum atomic E-state index is -0.646. The standard InChI is InChI=1S/C29H29FIN5O4/c1-15-23-22(24(34(5)25(15)37)33-21-12-9-16(31)13-20(21)30)26(38)36(18-10-11-18)28(40)35(23)19-8-6-7-17(14-19)32-27(39)29(2,3)4/h6-9,12-14,18,33H,10-11H2,1-5H3,(H,32,39). The number of fused-ring (bicyclic) bond motifs is 1. The van der Waals surface area contributed by atoms with Gasteiger partial charge in [0.15, 0.2) is 0 Å². The number of anilines is 3. The van der Waals surface area contributed by atoms with Gasteiger partial charge in [-0.2, -0.15) is 0 Å². The molecule has 2 aromatic heterocycles. The maximum absolute atomic E-state index is 14.9. The lowest BCUT2D eigenvalue weighted by molar-refractivity contribution is -0.123. The summed E-state index contributed by atoms with van der Waals surface area (Å²) in [4.78, 5) is 54.0. The number of hydrogen-bond acceptors (Lipinski definition) is 5. The summed E-state index contributed by atoms with van der Waals surface area (Å²) in [7, 11) is 1.50. The third-order valence-electron chi connectivity index (χ3n) is 6.98. The van der Waals surface area contributed by atoms with Crippen molar-refractivity contribution in [2.24, 2.45) is 12.5 Å². The summed E-state index contributed by atoms with van der Waals surface area (Å²) in [5, 5.41) is 5.92. The molecular formula is C29H29FIN5O4. The lowest BCUT2D eigenvalue weighted by Crippen LogP contribution is -2.41. The molecule has 0 saturated heterocycles. The number of amides is 1. The Morgan fingerprint density at radius 2 is 1.75 bits per heavy atom. The summed E-state index contributed by atoms with van der Waals surface area (Å²) in [6.07, 6.45) is 1.34. The van der Waals surface area contributed by atoms with Crippen molar-refractivity contribution in [2.75, 3.05) is 10.6 Å². The van der Waals surface area contributed by atoms with Gasteiger partial charge in [0.2, 0.25) is 5.91 Å². The number of pyridine rings is 1. The molecule has 2 heterocycles. The molecular weight excluding hydrogens is 628 g/mol. The van der Waals surface area contributed by atoms with Gasteiger partial charge in [-0.3, -0.25) is 28.1 Å². The van der Waals surface area contributed by atoms with E-state index in [9.17, 15) is 23.6 Å². The molecule has 1 saturated carbocycles. The van der Waals surface area contributed by atoms with E-state index in [1.54, 1.807) is 58.0 Å². The van der Waals surface area contributed by atoms with Crippen molar-refractivity contribution in [3.05, 3.63) is 88.6 Å². The fourth-order valence-electron chi connectivity index (χ4n) is 4.61. The van der Waals surface area contributed by atoms with Crippen LogP contribution in [0.2, 0.25) is 0 Å². The highest BCUT2D eigenvalue weighted by Gasteiger charge is 2.32. The average Bonchev–Trinajstić information content (AvgIpc) is 3.71. The first-order valence-corrected chi connectivity index (χ1v) is 13.9. The van der Waals surface area contributed by atoms with Crippen LogP contribution in [-0.2, 0) is 11.8 Å². The first-order chi connectivity index (χ1) is 18.8. The maximum atomic E-state index is 14.9. The minimum absolute atomic E-state index is 0.0797. The predicted molar refractivity (Wildman–Crippen MR) is 163 cm³/mol. The van der Waals surface area contributed by atoms with E-state index in [2.05, 4.69) is 10.6 Å². The molecule has 0 aliphatic heterocycles. The Morgan fingerprint density at radius 1 is 1.05 bits per heavy atom. The Bertz CT molecular complexity index is 1880. The van der Waals surface area contributed by atoms with Crippen LogP contribution in [0.15, 0.2) is 56.8 Å². The first-order valence-electron chi connectivity index (χ1n) is 12.8. The minimum Gasteiger partial charge on any atom is -0.338 e. The van der Waals surface area contributed by atoms with Gasteiger partial charge in [0.1, 0.15) is 17.0 Å². The third-order valence-corrected chi connectivity index (χ3v) is 7.65. The smallest absolute Gasteiger partial charge is 0.336 e. The summed E-state index contributed by atoms with van der Waals surface area (Å²) in [5.74, 6) is -0.678. The Labute approximate surface area is 242 Å². The van der Waals surface area contributed by atoms with E-state index in [-0.39, 0.29) is 39.9 Å². The van der Waals surface area contributed by atoms with Gasteiger partial charge < -0.3 is 10.6 Å². The fraction of sp³-hybridized carbons (Fsp3) is 0.310. The topological polar surface area (TPSA) is 107 Å². The van der Waals surface area contributed by atoms with Crippen LogP contribution < -0.4 is 27.4 Å². The zero-order valence-corrected chi connectivity index (χ0v) is 24.9. The fourth-order valence-corrected chi connectivity index (χ4v) is 5.07. The number of aryl methyl sites for hydroxylation is 1. The van der Waals surface area contributed by atoms with Gasteiger partial charge in [-0.15, -0.1) is 0 Å². The van der Waals surface area contributed by atoms with E-state index in [4.69, 9.17) is 0 Å². The van der Waals surface area contributed by atoms with Crippen molar-refractivity contribution in [2.45, 2.75) is 46.6 Å². The van der Waals surface area contributed by atoms with E-state index < -0.39 is 28.0 Å². The highest BCUT2D eigenvalue weighted by Crippen LogP contribution is 2.34. The van der Waals surface area contributed by atoms with Gasteiger partial charge in [-0.25, -0.2) is 9.18 Å². The van der Waals surface area contributed by atoms with Gasteiger partial charge in [0.25, 0.3) is 11.1 Å². The van der Waals surface area contributed by atoms with Gasteiger partial charge >= 0.3 is 5.69 Å². The molecule has 9 nitrogen and oxygen atoms in total. The van der Waals surface area contributed by atoms with E-state index in [1.807, 2.05) is 22.6 Å². The zero-order chi connectivity index (χ0) is 29.1. The number of carbonyl (C=O) groups excluding carboxylic acids is 1. The zero-order valence-electron chi connectivity index (χ0n) is 22.8. The number of aromatic nitrogens is 3. The predicted octanol–water partition coefficient (Wildman–Crippen LogP) is 4.97. The van der Waals surface area contributed by atoms with Crippen LogP contribution in [0, 0.1) is 21.7 Å². The molecule has 11 heteroatoms.